The zero-order chi connectivity index (χ0) is 14.0. The van der Waals surface area contributed by atoms with Crippen LogP contribution in [0.5, 0.6) is 0 Å². The van der Waals surface area contributed by atoms with Gasteiger partial charge in [0.05, 0.1) is 0 Å². The minimum absolute atomic E-state index is 0.309. The van der Waals surface area contributed by atoms with Gasteiger partial charge in [0.1, 0.15) is 0 Å². The van der Waals surface area contributed by atoms with Crippen molar-refractivity contribution in [3.05, 3.63) is 60.2 Å². The highest BCUT2D eigenvalue weighted by Gasteiger charge is 2.03. The van der Waals surface area contributed by atoms with Crippen molar-refractivity contribution < 1.29 is 0 Å². The molecule has 0 atom stereocenters. The Morgan fingerprint density at radius 1 is 0.850 bits per heavy atom. The molecule has 106 valence electrons. The molecule has 3 nitrogen and oxygen atoms in total. The molecule has 2 aromatic heterocycles. The standard InChI is InChI=1S/C17H23N3/c18-17(9-1-5-15-7-3-11-19-13-15)10-2-6-16-8-4-12-20-14-16/h3-4,7-8,11-14,17H,1-2,5-6,9-10,18H2. The second-order valence-electron chi connectivity index (χ2n) is 5.27. The molecule has 0 aliphatic heterocycles. The first-order chi connectivity index (χ1) is 9.84. The number of hydrogen-bond donors (Lipinski definition) is 1. The lowest BCUT2D eigenvalue weighted by Gasteiger charge is -2.11. The van der Waals surface area contributed by atoms with E-state index >= 15 is 0 Å². The number of nitrogens with two attached hydrogens (primary N) is 1. The molecule has 0 saturated carbocycles. The Labute approximate surface area is 121 Å². The van der Waals surface area contributed by atoms with Gasteiger partial charge in [-0.2, -0.15) is 0 Å². The summed E-state index contributed by atoms with van der Waals surface area (Å²) >= 11 is 0. The summed E-state index contributed by atoms with van der Waals surface area (Å²) in [5, 5.41) is 0. The van der Waals surface area contributed by atoms with Crippen LogP contribution in [0.25, 0.3) is 0 Å². The fourth-order valence-corrected chi connectivity index (χ4v) is 2.37. The molecule has 0 amide bonds. The second kappa shape index (κ2) is 8.43. The van der Waals surface area contributed by atoms with E-state index < -0.39 is 0 Å². The summed E-state index contributed by atoms with van der Waals surface area (Å²) in [6, 6.07) is 8.54. The molecule has 0 unspecified atom stereocenters. The van der Waals surface area contributed by atoms with Crippen LogP contribution in [0.3, 0.4) is 0 Å². The van der Waals surface area contributed by atoms with Crippen molar-refractivity contribution in [2.75, 3.05) is 0 Å². The van der Waals surface area contributed by atoms with Gasteiger partial charge in [0.15, 0.2) is 0 Å². The number of pyridine rings is 2. The highest BCUT2D eigenvalue weighted by Crippen LogP contribution is 2.10. The van der Waals surface area contributed by atoms with Gasteiger partial charge >= 0.3 is 0 Å². The van der Waals surface area contributed by atoms with Crippen LogP contribution in [0.2, 0.25) is 0 Å². The van der Waals surface area contributed by atoms with E-state index in [1.165, 1.54) is 11.1 Å². The third kappa shape index (κ3) is 5.49. The van der Waals surface area contributed by atoms with Crippen LogP contribution in [0, 0.1) is 0 Å². The topological polar surface area (TPSA) is 51.8 Å². The van der Waals surface area contributed by atoms with E-state index in [0.29, 0.717) is 6.04 Å². The van der Waals surface area contributed by atoms with Crippen LogP contribution < -0.4 is 5.73 Å². The molecule has 0 fully saturated rings. The smallest absolute Gasteiger partial charge is 0.0299 e. The summed E-state index contributed by atoms with van der Waals surface area (Å²) in [6.45, 7) is 0. The molecule has 2 N–H and O–H groups in total. The van der Waals surface area contributed by atoms with E-state index in [9.17, 15) is 0 Å². The molecular weight excluding hydrogens is 246 g/mol. The number of rotatable bonds is 8. The monoisotopic (exact) mass is 269 g/mol. The summed E-state index contributed by atoms with van der Waals surface area (Å²) in [5.74, 6) is 0. The van der Waals surface area contributed by atoms with Crippen LogP contribution in [0.1, 0.15) is 36.8 Å². The fraction of sp³-hybridized carbons (Fsp3) is 0.412. The molecule has 2 heterocycles. The van der Waals surface area contributed by atoms with E-state index in [0.717, 1.165) is 38.5 Å². The van der Waals surface area contributed by atoms with Crippen molar-refractivity contribution in [3.8, 4) is 0 Å². The van der Waals surface area contributed by atoms with Gasteiger partial charge in [-0.15, -0.1) is 0 Å². The maximum Gasteiger partial charge on any atom is 0.0299 e. The Bertz CT molecular complexity index is 425. The minimum Gasteiger partial charge on any atom is -0.328 e. The molecule has 0 aromatic carbocycles. The molecule has 2 rings (SSSR count). The molecule has 0 aliphatic carbocycles. The summed E-state index contributed by atoms with van der Waals surface area (Å²) in [5.41, 5.74) is 8.77. The van der Waals surface area contributed by atoms with Crippen LogP contribution in [0.15, 0.2) is 49.1 Å². The van der Waals surface area contributed by atoms with Crippen molar-refractivity contribution in [1.29, 1.82) is 0 Å². The van der Waals surface area contributed by atoms with E-state index in [1.54, 1.807) is 0 Å². The first-order valence-electron chi connectivity index (χ1n) is 7.38. The predicted molar refractivity (Wildman–Crippen MR) is 82.3 cm³/mol. The first-order valence-corrected chi connectivity index (χ1v) is 7.38. The van der Waals surface area contributed by atoms with E-state index in [2.05, 4.69) is 22.1 Å². The van der Waals surface area contributed by atoms with Gasteiger partial charge in [-0.3, -0.25) is 9.97 Å². The van der Waals surface area contributed by atoms with Crippen molar-refractivity contribution in [3.63, 3.8) is 0 Å². The van der Waals surface area contributed by atoms with Crippen LogP contribution in [-0.4, -0.2) is 16.0 Å². The summed E-state index contributed by atoms with van der Waals surface area (Å²) in [4.78, 5) is 8.26. The average molecular weight is 269 g/mol. The number of hydrogen-bond acceptors (Lipinski definition) is 3. The molecule has 0 spiro atoms. The molecule has 2 aromatic rings. The van der Waals surface area contributed by atoms with Crippen LogP contribution in [0.4, 0.5) is 0 Å². The molecule has 20 heavy (non-hydrogen) atoms. The summed E-state index contributed by atoms with van der Waals surface area (Å²) in [7, 11) is 0. The normalized spacial score (nSPS) is 10.9. The van der Waals surface area contributed by atoms with Crippen molar-refractivity contribution in [1.82, 2.24) is 9.97 Å². The SMILES string of the molecule is NC(CCCc1cccnc1)CCCc1cccnc1. The van der Waals surface area contributed by atoms with Gasteiger partial charge in [0.25, 0.3) is 0 Å². The average Bonchev–Trinajstić information content (AvgIpc) is 2.49. The van der Waals surface area contributed by atoms with Gasteiger partial charge in [-0.05, 0) is 61.8 Å². The van der Waals surface area contributed by atoms with Crippen LogP contribution >= 0.6 is 0 Å². The molecule has 3 heteroatoms. The lowest BCUT2D eigenvalue weighted by Crippen LogP contribution is -2.20. The molecule has 0 bridgehead atoms. The van der Waals surface area contributed by atoms with Gasteiger partial charge in [-0.25, -0.2) is 0 Å². The van der Waals surface area contributed by atoms with Gasteiger partial charge in [0, 0.05) is 30.8 Å². The third-order valence-corrected chi connectivity index (χ3v) is 3.53. The number of nitrogens with zero attached hydrogens (tertiary/aromatic N) is 2. The molecule has 0 aliphatic rings. The molecular formula is C17H23N3. The Kier molecular flexibility index (Phi) is 6.18. The van der Waals surface area contributed by atoms with Gasteiger partial charge < -0.3 is 5.73 Å². The lowest BCUT2D eigenvalue weighted by molar-refractivity contribution is 0.527. The maximum atomic E-state index is 6.17. The van der Waals surface area contributed by atoms with Crippen LogP contribution in [-0.2, 0) is 12.8 Å². The van der Waals surface area contributed by atoms with Crippen molar-refractivity contribution in [2.24, 2.45) is 5.73 Å². The predicted octanol–water partition coefficient (Wildman–Crippen LogP) is 3.15. The molecule has 0 saturated heterocycles. The number of aryl methyl sites for hydroxylation is 2. The second-order valence-corrected chi connectivity index (χ2v) is 5.27. The zero-order valence-electron chi connectivity index (χ0n) is 11.9. The minimum atomic E-state index is 0.309. The lowest BCUT2D eigenvalue weighted by atomic mass is 10.0. The number of aromatic nitrogens is 2. The van der Waals surface area contributed by atoms with E-state index in [-0.39, 0.29) is 0 Å². The summed E-state index contributed by atoms with van der Waals surface area (Å²) in [6.07, 6.45) is 14.1. The van der Waals surface area contributed by atoms with Crippen molar-refractivity contribution >= 4 is 0 Å². The van der Waals surface area contributed by atoms with Gasteiger partial charge in [0.2, 0.25) is 0 Å². The highest BCUT2D eigenvalue weighted by molar-refractivity contribution is 5.09. The third-order valence-electron chi connectivity index (χ3n) is 3.53. The van der Waals surface area contributed by atoms with Crippen molar-refractivity contribution in [2.45, 2.75) is 44.6 Å². The highest BCUT2D eigenvalue weighted by atomic mass is 14.6. The molecule has 0 radical (unpaired) electrons. The summed E-state index contributed by atoms with van der Waals surface area (Å²) < 4.78 is 0. The quantitative estimate of drug-likeness (QED) is 0.801. The largest absolute Gasteiger partial charge is 0.328 e. The Balaban J connectivity index is 1.58. The Morgan fingerprint density at radius 2 is 1.35 bits per heavy atom. The fourth-order valence-electron chi connectivity index (χ4n) is 2.37. The first kappa shape index (κ1) is 14.7. The van der Waals surface area contributed by atoms with E-state index in [4.69, 9.17) is 5.73 Å². The zero-order valence-corrected chi connectivity index (χ0v) is 11.9. The van der Waals surface area contributed by atoms with E-state index in [1.807, 2.05) is 36.9 Å². The Hall–Kier alpha value is -1.74. The van der Waals surface area contributed by atoms with Gasteiger partial charge in [-0.1, -0.05) is 12.1 Å². The maximum absolute atomic E-state index is 6.17. The Morgan fingerprint density at radius 3 is 1.75 bits per heavy atom.